The molecular weight excluding hydrogens is 304 g/mol. The van der Waals surface area contributed by atoms with Crippen LogP contribution in [0.25, 0.3) is 0 Å². The zero-order valence-corrected chi connectivity index (χ0v) is 13.2. The molecule has 6 nitrogen and oxygen atoms in total. The highest BCUT2D eigenvalue weighted by molar-refractivity contribution is 7.90. The number of nitrogens with zero attached hydrogens (tertiary/aromatic N) is 1. The summed E-state index contributed by atoms with van der Waals surface area (Å²) in [7, 11) is -3.25. The van der Waals surface area contributed by atoms with Crippen molar-refractivity contribution in [3.63, 3.8) is 0 Å². The Hall–Kier alpha value is -2.12. The molecule has 1 aromatic heterocycles. The van der Waals surface area contributed by atoms with Crippen molar-refractivity contribution in [2.75, 3.05) is 11.6 Å². The van der Waals surface area contributed by atoms with E-state index < -0.39 is 15.9 Å². The van der Waals surface area contributed by atoms with Crippen molar-refractivity contribution in [3.05, 3.63) is 48.3 Å². The Labute approximate surface area is 129 Å². The fraction of sp³-hybridized carbons (Fsp3) is 0.267. The Kier molecular flexibility index (Phi) is 4.68. The lowest BCUT2D eigenvalue weighted by Gasteiger charge is -2.06. The zero-order valence-electron chi connectivity index (χ0n) is 12.4. The number of aromatic nitrogens is 1. The minimum atomic E-state index is -3.25. The molecule has 0 unspecified atom stereocenters. The van der Waals surface area contributed by atoms with Crippen LogP contribution in [0.3, 0.4) is 0 Å². The van der Waals surface area contributed by atoms with E-state index in [4.69, 9.17) is 0 Å². The Morgan fingerprint density at radius 1 is 1.27 bits per heavy atom. The summed E-state index contributed by atoms with van der Waals surface area (Å²) in [6.45, 7) is 2.08. The van der Waals surface area contributed by atoms with E-state index in [1.165, 1.54) is 12.1 Å². The average Bonchev–Trinajstić information content (AvgIpc) is 2.86. The number of aliphatic hydroxyl groups excluding tert-OH is 1. The van der Waals surface area contributed by atoms with Crippen LogP contribution in [0.2, 0.25) is 0 Å². The molecule has 0 aliphatic carbocycles. The van der Waals surface area contributed by atoms with Crippen molar-refractivity contribution in [2.45, 2.75) is 24.5 Å². The van der Waals surface area contributed by atoms with Crippen LogP contribution in [0, 0.1) is 0 Å². The standard InChI is InChI=1S/C15H18N2O4S/c1-11(18)9-17-8-7-12(10-17)15(19)16-13-3-5-14(6-4-13)22(2,20)21/h3-8,10-11,18H,9H2,1-2H3,(H,16,19)/t11-/m0/s1. The molecule has 1 atom stereocenters. The normalized spacial score (nSPS) is 12.9. The Morgan fingerprint density at radius 3 is 2.45 bits per heavy atom. The SMILES string of the molecule is C[C@H](O)Cn1ccc(C(=O)Nc2ccc(S(C)(=O)=O)cc2)c1. The van der Waals surface area contributed by atoms with Gasteiger partial charge in [0.1, 0.15) is 0 Å². The topological polar surface area (TPSA) is 88.4 Å². The number of hydrogen-bond acceptors (Lipinski definition) is 4. The van der Waals surface area contributed by atoms with E-state index in [0.717, 1.165) is 6.26 Å². The van der Waals surface area contributed by atoms with E-state index >= 15 is 0 Å². The number of amides is 1. The maximum atomic E-state index is 12.1. The van der Waals surface area contributed by atoms with E-state index in [0.29, 0.717) is 17.8 Å². The van der Waals surface area contributed by atoms with Crippen molar-refractivity contribution in [3.8, 4) is 0 Å². The van der Waals surface area contributed by atoms with Crippen molar-refractivity contribution < 1.29 is 18.3 Å². The van der Waals surface area contributed by atoms with E-state index in [1.54, 1.807) is 42.1 Å². The molecule has 0 bridgehead atoms. The first-order valence-corrected chi connectivity index (χ1v) is 8.60. The third-order valence-electron chi connectivity index (χ3n) is 3.03. The van der Waals surface area contributed by atoms with Gasteiger partial charge in [-0.15, -0.1) is 0 Å². The number of benzene rings is 1. The number of hydrogen-bond donors (Lipinski definition) is 2. The van der Waals surface area contributed by atoms with Crippen molar-refractivity contribution in [1.82, 2.24) is 4.57 Å². The lowest BCUT2D eigenvalue weighted by atomic mass is 10.3. The van der Waals surface area contributed by atoms with Crippen LogP contribution >= 0.6 is 0 Å². The first-order chi connectivity index (χ1) is 10.3. The summed E-state index contributed by atoms with van der Waals surface area (Å²) in [5, 5.41) is 12.0. The predicted molar refractivity (Wildman–Crippen MR) is 83.6 cm³/mol. The third-order valence-corrected chi connectivity index (χ3v) is 4.16. The first kappa shape index (κ1) is 16.3. The molecule has 0 fully saturated rings. The van der Waals surface area contributed by atoms with E-state index in [9.17, 15) is 18.3 Å². The average molecular weight is 322 g/mol. The van der Waals surface area contributed by atoms with Crippen LogP contribution in [0.4, 0.5) is 5.69 Å². The van der Waals surface area contributed by atoms with Gasteiger partial charge in [-0.1, -0.05) is 0 Å². The van der Waals surface area contributed by atoms with Gasteiger partial charge in [0, 0.05) is 30.9 Å². The molecule has 7 heteroatoms. The molecule has 1 aromatic carbocycles. The highest BCUT2D eigenvalue weighted by Gasteiger charge is 2.10. The number of aliphatic hydroxyl groups is 1. The molecule has 2 aromatic rings. The van der Waals surface area contributed by atoms with Gasteiger partial charge in [0.05, 0.1) is 16.6 Å². The van der Waals surface area contributed by atoms with Gasteiger partial charge in [0.2, 0.25) is 0 Å². The van der Waals surface area contributed by atoms with Crippen LogP contribution in [-0.2, 0) is 16.4 Å². The van der Waals surface area contributed by atoms with Gasteiger partial charge in [-0.25, -0.2) is 8.42 Å². The lowest BCUT2D eigenvalue weighted by Crippen LogP contribution is -2.12. The molecule has 0 spiro atoms. The van der Waals surface area contributed by atoms with Gasteiger partial charge >= 0.3 is 0 Å². The summed E-state index contributed by atoms with van der Waals surface area (Å²) >= 11 is 0. The molecule has 2 N–H and O–H groups in total. The van der Waals surface area contributed by atoms with E-state index in [-0.39, 0.29) is 10.8 Å². The Balaban J connectivity index is 2.07. The molecular formula is C15H18N2O4S. The Bertz CT molecular complexity index is 761. The van der Waals surface area contributed by atoms with Crippen LogP contribution in [-0.4, -0.2) is 36.4 Å². The molecule has 1 heterocycles. The molecule has 22 heavy (non-hydrogen) atoms. The summed E-state index contributed by atoms with van der Waals surface area (Å²) < 4.78 is 24.5. The largest absolute Gasteiger partial charge is 0.392 e. The fourth-order valence-electron chi connectivity index (χ4n) is 1.98. The number of nitrogens with one attached hydrogen (secondary N) is 1. The lowest BCUT2D eigenvalue weighted by molar-refractivity contribution is 0.102. The second kappa shape index (κ2) is 6.33. The Morgan fingerprint density at radius 2 is 1.91 bits per heavy atom. The predicted octanol–water partition coefficient (Wildman–Crippen LogP) is 1.52. The van der Waals surface area contributed by atoms with E-state index in [2.05, 4.69) is 5.32 Å². The molecule has 0 saturated heterocycles. The van der Waals surface area contributed by atoms with Gasteiger partial charge in [0.25, 0.3) is 5.91 Å². The summed E-state index contributed by atoms with van der Waals surface area (Å²) in [5.41, 5.74) is 0.980. The van der Waals surface area contributed by atoms with Crippen LogP contribution < -0.4 is 5.32 Å². The van der Waals surface area contributed by atoms with Gasteiger partial charge in [-0.05, 0) is 37.3 Å². The molecule has 1 amide bonds. The number of anilines is 1. The molecule has 118 valence electrons. The van der Waals surface area contributed by atoms with Gasteiger partial charge in [-0.3, -0.25) is 4.79 Å². The summed E-state index contributed by atoms with van der Waals surface area (Å²) in [6, 6.07) is 7.64. The zero-order chi connectivity index (χ0) is 16.3. The maximum Gasteiger partial charge on any atom is 0.257 e. The molecule has 0 aliphatic rings. The molecule has 0 aliphatic heterocycles. The molecule has 0 radical (unpaired) electrons. The minimum Gasteiger partial charge on any atom is -0.392 e. The van der Waals surface area contributed by atoms with Crippen molar-refractivity contribution in [2.24, 2.45) is 0 Å². The number of carbonyl (C=O) groups excluding carboxylic acids is 1. The second-order valence-corrected chi connectivity index (χ2v) is 7.21. The monoisotopic (exact) mass is 322 g/mol. The highest BCUT2D eigenvalue weighted by atomic mass is 32.2. The first-order valence-electron chi connectivity index (χ1n) is 6.71. The van der Waals surface area contributed by atoms with E-state index in [1.807, 2.05) is 0 Å². The number of sulfone groups is 1. The van der Waals surface area contributed by atoms with Gasteiger partial charge < -0.3 is 15.0 Å². The van der Waals surface area contributed by atoms with Crippen molar-refractivity contribution in [1.29, 1.82) is 0 Å². The molecule has 2 rings (SSSR count). The molecule has 0 saturated carbocycles. The van der Waals surface area contributed by atoms with Crippen molar-refractivity contribution >= 4 is 21.4 Å². The minimum absolute atomic E-state index is 0.202. The fourth-order valence-corrected chi connectivity index (χ4v) is 2.61. The highest BCUT2D eigenvalue weighted by Crippen LogP contribution is 2.15. The smallest absolute Gasteiger partial charge is 0.257 e. The number of rotatable bonds is 5. The second-order valence-electron chi connectivity index (χ2n) is 5.20. The maximum absolute atomic E-state index is 12.1. The summed E-state index contributed by atoms with van der Waals surface area (Å²) in [6.07, 6.45) is 4.00. The third kappa shape index (κ3) is 4.19. The summed E-state index contributed by atoms with van der Waals surface area (Å²) in [4.78, 5) is 12.3. The van der Waals surface area contributed by atoms with Crippen LogP contribution in [0.1, 0.15) is 17.3 Å². The number of carbonyl (C=O) groups is 1. The van der Waals surface area contributed by atoms with Crippen LogP contribution in [0.15, 0.2) is 47.6 Å². The van der Waals surface area contributed by atoms with Gasteiger partial charge in [-0.2, -0.15) is 0 Å². The van der Waals surface area contributed by atoms with Crippen LogP contribution in [0.5, 0.6) is 0 Å². The van der Waals surface area contributed by atoms with Gasteiger partial charge in [0.15, 0.2) is 9.84 Å². The quantitative estimate of drug-likeness (QED) is 0.873. The summed E-state index contributed by atoms with van der Waals surface area (Å²) in [5.74, 6) is -0.295.